The largest absolute Gasteiger partial charge is 0.370 e. The normalized spacial score (nSPS) is 23.4. The number of aromatic nitrogens is 2. The third-order valence-electron chi connectivity index (χ3n) is 7.95. The molecule has 0 saturated carbocycles. The number of rotatable bonds is 6. The van der Waals surface area contributed by atoms with Gasteiger partial charge >= 0.3 is 0 Å². The van der Waals surface area contributed by atoms with Gasteiger partial charge in [-0.2, -0.15) is 16.8 Å². The molecular formula is C30H48F2N6O6S2. The van der Waals surface area contributed by atoms with E-state index in [1.54, 1.807) is 0 Å². The lowest BCUT2D eigenvalue weighted by molar-refractivity contribution is 0.176. The van der Waals surface area contributed by atoms with Crippen LogP contribution >= 0.6 is 0 Å². The Bertz CT molecular complexity index is 1360. The van der Waals surface area contributed by atoms with Crippen molar-refractivity contribution < 1.29 is 34.7 Å². The third-order valence-corrected chi connectivity index (χ3v) is 7.95. The van der Waals surface area contributed by atoms with Crippen LogP contribution in [0.4, 0.5) is 20.4 Å². The lowest BCUT2D eigenvalue weighted by Gasteiger charge is -2.20. The van der Waals surface area contributed by atoms with Gasteiger partial charge in [0.1, 0.15) is 23.0 Å². The molecule has 2 unspecified atom stereocenters. The number of pyridine rings is 2. The topological polar surface area (TPSA) is 183 Å². The van der Waals surface area contributed by atoms with Gasteiger partial charge in [0.15, 0.2) is 0 Å². The summed E-state index contributed by atoms with van der Waals surface area (Å²) < 4.78 is 80.2. The fraction of sp³-hybridized carbons (Fsp3) is 0.667. The molecule has 6 N–H and O–H groups in total. The fourth-order valence-electron chi connectivity index (χ4n) is 5.57. The minimum Gasteiger partial charge on any atom is -0.370 e. The second-order valence-electron chi connectivity index (χ2n) is 12.3. The second kappa shape index (κ2) is 17.1. The summed E-state index contributed by atoms with van der Waals surface area (Å²) in [5.41, 5.74) is 2.56. The average Bonchev–Trinajstić information content (AvgIpc) is 3.62. The van der Waals surface area contributed by atoms with Gasteiger partial charge in [-0.15, -0.1) is 0 Å². The van der Waals surface area contributed by atoms with E-state index < -0.39 is 31.6 Å². The summed E-state index contributed by atoms with van der Waals surface area (Å²) in [7, 11) is -7.33. The highest BCUT2D eigenvalue weighted by molar-refractivity contribution is 7.85. The van der Waals surface area contributed by atoms with Gasteiger partial charge in [0.05, 0.1) is 12.5 Å². The summed E-state index contributed by atoms with van der Waals surface area (Å²) in [5.74, 6) is 2.02. The van der Waals surface area contributed by atoms with Crippen molar-refractivity contribution in [3.63, 3.8) is 0 Å². The van der Waals surface area contributed by atoms with Crippen LogP contribution in [-0.4, -0.2) is 99.0 Å². The summed E-state index contributed by atoms with van der Waals surface area (Å²) in [6.45, 7) is 4.60. The number of anilines is 2. The van der Waals surface area contributed by atoms with Crippen molar-refractivity contribution in [2.45, 2.75) is 75.5 Å². The molecular weight excluding hydrogens is 642 g/mol. The van der Waals surface area contributed by atoms with Crippen LogP contribution in [0.25, 0.3) is 0 Å². The van der Waals surface area contributed by atoms with Gasteiger partial charge in [-0.05, 0) is 101 Å². The van der Waals surface area contributed by atoms with Crippen molar-refractivity contribution in [1.82, 2.24) is 20.6 Å². The molecule has 0 radical (unpaired) electrons. The Labute approximate surface area is 271 Å². The highest BCUT2D eigenvalue weighted by Gasteiger charge is 2.34. The van der Waals surface area contributed by atoms with Gasteiger partial charge in [-0.3, -0.25) is 9.11 Å². The molecule has 2 atom stereocenters. The molecule has 2 saturated heterocycles. The molecule has 0 aliphatic carbocycles. The monoisotopic (exact) mass is 690 g/mol. The Balaban J connectivity index is 0.000000195. The molecule has 4 aliphatic heterocycles. The van der Waals surface area contributed by atoms with E-state index in [1.807, 2.05) is 0 Å². The maximum atomic E-state index is 14.2. The molecule has 2 fully saturated rings. The van der Waals surface area contributed by atoms with Gasteiger partial charge in [0, 0.05) is 37.6 Å². The number of aryl methyl sites for hydroxylation is 4. The van der Waals surface area contributed by atoms with Crippen LogP contribution in [0, 0.1) is 0 Å². The zero-order chi connectivity index (χ0) is 33.8. The molecule has 0 spiro atoms. The van der Waals surface area contributed by atoms with Crippen LogP contribution in [0.5, 0.6) is 0 Å². The molecule has 0 amide bonds. The first-order chi connectivity index (χ1) is 21.5. The van der Waals surface area contributed by atoms with Crippen molar-refractivity contribution in [3.8, 4) is 0 Å². The first kappa shape index (κ1) is 38.0. The van der Waals surface area contributed by atoms with Gasteiger partial charge in [-0.25, -0.2) is 18.7 Å². The van der Waals surface area contributed by atoms with Crippen LogP contribution in [0.15, 0.2) is 24.3 Å². The summed E-state index contributed by atoms with van der Waals surface area (Å²) in [5, 5.41) is 12.8. The van der Waals surface area contributed by atoms with E-state index in [1.165, 1.54) is 24.0 Å². The maximum absolute atomic E-state index is 14.2. The van der Waals surface area contributed by atoms with Gasteiger partial charge in [0.25, 0.3) is 20.2 Å². The summed E-state index contributed by atoms with van der Waals surface area (Å²) >= 11 is 0. The summed E-state index contributed by atoms with van der Waals surface area (Å²) in [6.07, 6.45) is 9.87. The third kappa shape index (κ3) is 14.9. The smallest absolute Gasteiger partial charge is 0.261 e. The molecule has 6 heterocycles. The van der Waals surface area contributed by atoms with Crippen LogP contribution in [0.3, 0.4) is 0 Å². The second-order valence-corrected chi connectivity index (χ2v) is 15.2. The number of alkyl halides is 2. The Morgan fingerprint density at radius 1 is 0.696 bits per heavy atom. The SMILES string of the molecule is CS(=O)(=O)O.CS(=O)(=O)O.FC1(CCc2ccc3c(n2)NCCC3)CCNC1.FC1(CCc2ccc3c(n2)NCCC3)CCNC1. The predicted molar refractivity (Wildman–Crippen MR) is 176 cm³/mol. The number of hydrogen-bond donors (Lipinski definition) is 6. The molecule has 2 aromatic heterocycles. The number of fused-ring (bicyclic) bond motifs is 2. The molecule has 2 aromatic rings. The van der Waals surface area contributed by atoms with Crippen molar-refractivity contribution in [2.24, 2.45) is 0 Å². The number of halogens is 2. The van der Waals surface area contributed by atoms with E-state index in [9.17, 15) is 25.6 Å². The Kier molecular flexibility index (Phi) is 14.1. The molecule has 4 aliphatic rings. The number of hydrogen-bond acceptors (Lipinski definition) is 10. The van der Waals surface area contributed by atoms with Gasteiger partial charge in [0.2, 0.25) is 0 Å². The predicted octanol–water partition coefficient (Wildman–Crippen LogP) is 3.16. The molecule has 260 valence electrons. The van der Waals surface area contributed by atoms with Crippen LogP contribution in [-0.2, 0) is 45.9 Å². The quantitative estimate of drug-likeness (QED) is 0.244. The average molecular weight is 691 g/mol. The lowest BCUT2D eigenvalue weighted by atomic mass is 9.97. The first-order valence-electron chi connectivity index (χ1n) is 15.6. The van der Waals surface area contributed by atoms with Crippen molar-refractivity contribution in [3.05, 3.63) is 46.8 Å². The van der Waals surface area contributed by atoms with E-state index in [-0.39, 0.29) is 0 Å². The minimum atomic E-state index is -3.67. The highest BCUT2D eigenvalue weighted by atomic mass is 32.2. The van der Waals surface area contributed by atoms with Gasteiger partial charge in [-0.1, -0.05) is 12.1 Å². The molecule has 0 bridgehead atoms. The molecule has 16 heteroatoms. The Morgan fingerprint density at radius 2 is 1.07 bits per heavy atom. The molecule has 12 nitrogen and oxygen atoms in total. The van der Waals surface area contributed by atoms with Crippen molar-refractivity contribution in [2.75, 3.05) is 62.4 Å². The molecule has 6 rings (SSSR count). The molecule has 0 aromatic carbocycles. The maximum Gasteiger partial charge on any atom is 0.261 e. The van der Waals surface area contributed by atoms with Crippen LogP contribution in [0.2, 0.25) is 0 Å². The van der Waals surface area contributed by atoms with Gasteiger partial charge < -0.3 is 21.3 Å². The highest BCUT2D eigenvalue weighted by Crippen LogP contribution is 2.28. The number of nitrogens with zero attached hydrogens (tertiary/aromatic N) is 2. The number of nitrogens with one attached hydrogen (secondary N) is 4. The Morgan fingerprint density at radius 3 is 1.39 bits per heavy atom. The van der Waals surface area contributed by atoms with E-state index in [0.29, 0.717) is 51.3 Å². The van der Waals surface area contributed by atoms with Crippen LogP contribution < -0.4 is 21.3 Å². The van der Waals surface area contributed by atoms with E-state index in [2.05, 4.69) is 55.5 Å². The summed E-state index contributed by atoms with van der Waals surface area (Å²) in [4.78, 5) is 9.21. The van der Waals surface area contributed by atoms with E-state index in [0.717, 1.165) is 74.9 Å². The van der Waals surface area contributed by atoms with Crippen LogP contribution in [0.1, 0.15) is 61.0 Å². The standard InChI is InChI=1S/2C14H20FN3.2CH4O3S/c2*15-14(7-9-16-10-14)6-5-12-4-3-11-2-1-8-17-13(11)18-12;2*1-5(2,3)4/h2*3-4,16H,1-2,5-10H2,(H,17,18);2*1H3,(H,2,3,4). The zero-order valence-corrected chi connectivity index (χ0v) is 28.3. The van der Waals surface area contributed by atoms with Crippen molar-refractivity contribution in [1.29, 1.82) is 0 Å². The Hall–Kier alpha value is -2.50. The molecule has 46 heavy (non-hydrogen) atoms. The summed E-state index contributed by atoms with van der Waals surface area (Å²) in [6, 6.07) is 8.39. The van der Waals surface area contributed by atoms with E-state index >= 15 is 0 Å². The lowest BCUT2D eigenvalue weighted by Crippen LogP contribution is -2.26. The van der Waals surface area contributed by atoms with Crippen molar-refractivity contribution >= 4 is 31.9 Å². The van der Waals surface area contributed by atoms with E-state index in [4.69, 9.17) is 9.11 Å². The minimum absolute atomic E-state index is 0.496. The zero-order valence-electron chi connectivity index (χ0n) is 26.6. The first-order valence-corrected chi connectivity index (χ1v) is 19.3. The fourth-order valence-corrected chi connectivity index (χ4v) is 5.57.